The van der Waals surface area contributed by atoms with Crippen molar-refractivity contribution >= 4 is 0 Å². The van der Waals surface area contributed by atoms with Crippen molar-refractivity contribution in [2.75, 3.05) is 0 Å². The van der Waals surface area contributed by atoms with Gasteiger partial charge in [-0.3, -0.25) is 4.98 Å². The highest BCUT2D eigenvalue weighted by atomic mass is 14.7. The summed E-state index contributed by atoms with van der Waals surface area (Å²) in [6, 6.07) is 4.44. The van der Waals surface area contributed by atoms with E-state index in [-0.39, 0.29) is 0 Å². The van der Waals surface area contributed by atoms with Crippen LogP contribution in [-0.2, 0) is 0 Å². The first-order valence-corrected chi connectivity index (χ1v) is 7.91. The predicted molar refractivity (Wildman–Crippen MR) is 80.3 cm³/mol. The molecule has 2 bridgehead atoms. The first-order chi connectivity index (χ1) is 9.27. The molecule has 0 saturated carbocycles. The van der Waals surface area contributed by atoms with Gasteiger partial charge in [0, 0.05) is 18.0 Å². The maximum absolute atomic E-state index is 4.70. The maximum atomic E-state index is 4.70. The van der Waals surface area contributed by atoms with Gasteiger partial charge in [0.15, 0.2) is 0 Å². The predicted octanol–water partition coefficient (Wildman–Crippen LogP) is 5.05. The van der Waals surface area contributed by atoms with Crippen LogP contribution in [0.1, 0.15) is 69.5 Å². The summed E-state index contributed by atoms with van der Waals surface area (Å²) in [6.45, 7) is 6.99. The molecule has 3 aliphatic rings. The zero-order valence-corrected chi connectivity index (χ0v) is 12.4. The Hall–Kier alpha value is -1.11. The molecule has 1 heteroatoms. The molecule has 19 heavy (non-hydrogen) atoms. The normalized spacial score (nSPS) is 32.1. The van der Waals surface area contributed by atoms with Gasteiger partial charge in [0.2, 0.25) is 0 Å². The fourth-order valence-electron chi connectivity index (χ4n) is 4.47. The standard InChI is InChI=1S/C18H25N/c1-4-6-8-14-13(5-2)16-11-12(3)17(14)15-9-7-10-19-18(15)16/h7,9-11,13-14,16-17H,4-6,8H2,1-3H3. The van der Waals surface area contributed by atoms with Gasteiger partial charge in [-0.05, 0) is 36.8 Å². The molecule has 4 rings (SSSR count). The molecule has 0 aromatic carbocycles. The molecule has 0 radical (unpaired) electrons. The highest BCUT2D eigenvalue weighted by molar-refractivity contribution is 5.45. The van der Waals surface area contributed by atoms with Gasteiger partial charge < -0.3 is 0 Å². The Balaban J connectivity index is 2.03. The number of nitrogens with zero attached hydrogens (tertiary/aromatic N) is 1. The Morgan fingerprint density at radius 2 is 2.05 bits per heavy atom. The van der Waals surface area contributed by atoms with Crippen LogP contribution in [0.2, 0.25) is 0 Å². The molecule has 1 heterocycles. The monoisotopic (exact) mass is 255 g/mol. The van der Waals surface area contributed by atoms with Crippen LogP contribution in [0, 0.1) is 11.8 Å². The van der Waals surface area contributed by atoms with Crippen molar-refractivity contribution in [3.63, 3.8) is 0 Å². The fraction of sp³-hybridized carbons (Fsp3) is 0.611. The van der Waals surface area contributed by atoms with Crippen LogP contribution in [0.3, 0.4) is 0 Å². The highest BCUT2D eigenvalue weighted by Gasteiger charge is 2.45. The second-order valence-electron chi connectivity index (χ2n) is 6.27. The Kier molecular flexibility index (Phi) is 3.47. The zero-order valence-electron chi connectivity index (χ0n) is 12.4. The number of unbranched alkanes of at least 4 members (excludes halogenated alkanes) is 1. The third-order valence-corrected chi connectivity index (χ3v) is 5.26. The van der Waals surface area contributed by atoms with Crippen LogP contribution in [0.15, 0.2) is 30.0 Å². The van der Waals surface area contributed by atoms with Crippen molar-refractivity contribution in [2.24, 2.45) is 11.8 Å². The number of hydrogen-bond acceptors (Lipinski definition) is 1. The second-order valence-corrected chi connectivity index (χ2v) is 6.27. The summed E-state index contributed by atoms with van der Waals surface area (Å²) in [5.41, 5.74) is 4.49. The van der Waals surface area contributed by atoms with Gasteiger partial charge in [-0.25, -0.2) is 0 Å². The van der Waals surface area contributed by atoms with Gasteiger partial charge in [-0.1, -0.05) is 50.8 Å². The van der Waals surface area contributed by atoms with E-state index in [0.29, 0.717) is 11.8 Å². The van der Waals surface area contributed by atoms with E-state index in [2.05, 4.69) is 39.0 Å². The van der Waals surface area contributed by atoms with Crippen LogP contribution < -0.4 is 0 Å². The highest BCUT2D eigenvalue weighted by Crippen LogP contribution is 2.56. The van der Waals surface area contributed by atoms with Gasteiger partial charge in [0.05, 0.1) is 5.69 Å². The largest absolute Gasteiger partial charge is 0.260 e. The van der Waals surface area contributed by atoms with Gasteiger partial charge in [-0.2, -0.15) is 0 Å². The maximum Gasteiger partial charge on any atom is 0.0513 e. The third-order valence-electron chi connectivity index (χ3n) is 5.26. The van der Waals surface area contributed by atoms with Gasteiger partial charge in [0.25, 0.3) is 0 Å². The average Bonchev–Trinajstić information content (AvgIpc) is 2.45. The molecular weight excluding hydrogens is 230 g/mol. The van der Waals surface area contributed by atoms with Crippen LogP contribution in [0.5, 0.6) is 0 Å². The molecule has 102 valence electrons. The Bertz CT molecular complexity index is 488. The lowest BCUT2D eigenvalue weighted by Gasteiger charge is -2.48. The molecule has 4 unspecified atom stereocenters. The summed E-state index contributed by atoms with van der Waals surface area (Å²) >= 11 is 0. The number of pyridine rings is 1. The molecule has 4 atom stereocenters. The first kappa shape index (κ1) is 12.9. The van der Waals surface area contributed by atoms with Gasteiger partial charge >= 0.3 is 0 Å². The van der Waals surface area contributed by atoms with Crippen molar-refractivity contribution in [1.29, 1.82) is 0 Å². The average molecular weight is 255 g/mol. The van der Waals surface area contributed by atoms with E-state index >= 15 is 0 Å². The van der Waals surface area contributed by atoms with Crippen molar-refractivity contribution in [3.05, 3.63) is 41.2 Å². The number of allylic oxidation sites excluding steroid dienone is 2. The lowest BCUT2D eigenvalue weighted by Crippen LogP contribution is -2.37. The molecule has 1 nitrogen and oxygen atoms in total. The van der Waals surface area contributed by atoms with E-state index in [9.17, 15) is 0 Å². The lowest BCUT2D eigenvalue weighted by atomic mass is 9.57. The number of fused-ring (bicyclic) bond motifs is 1. The minimum Gasteiger partial charge on any atom is -0.260 e. The molecule has 1 aromatic heterocycles. The topological polar surface area (TPSA) is 12.9 Å². The van der Waals surface area contributed by atoms with E-state index in [1.54, 1.807) is 5.57 Å². The molecule has 1 aromatic rings. The molecule has 0 amide bonds. The third kappa shape index (κ3) is 1.94. The number of aromatic nitrogens is 1. The lowest BCUT2D eigenvalue weighted by molar-refractivity contribution is 0.207. The fourth-order valence-corrected chi connectivity index (χ4v) is 4.47. The van der Waals surface area contributed by atoms with Crippen molar-refractivity contribution in [2.45, 2.75) is 58.3 Å². The van der Waals surface area contributed by atoms with Crippen LogP contribution in [0.4, 0.5) is 0 Å². The summed E-state index contributed by atoms with van der Waals surface area (Å²) in [5.74, 6) is 2.87. The van der Waals surface area contributed by atoms with E-state index < -0.39 is 0 Å². The summed E-state index contributed by atoms with van der Waals surface area (Å²) in [6.07, 6.45) is 9.83. The molecule has 0 aliphatic heterocycles. The van der Waals surface area contributed by atoms with Gasteiger partial charge in [0.1, 0.15) is 0 Å². The van der Waals surface area contributed by atoms with Crippen molar-refractivity contribution in [3.8, 4) is 0 Å². The van der Waals surface area contributed by atoms with E-state index in [0.717, 1.165) is 11.8 Å². The van der Waals surface area contributed by atoms with Crippen molar-refractivity contribution < 1.29 is 0 Å². The molecular formula is C18H25N. The summed E-state index contributed by atoms with van der Waals surface area (Å²) in [4.78, 5) is 4.70. The quantitative estimate of drug-likeness (QED) is 0.686. The molecule has 3 aliphatic carbocycles. The van der Waals surface area contributed by atoms with Crippen LogP contribution in [0.25, 0.3) is 0 Å². The van der Waals surface area contributed by atoms with Crippen molar-refractivity contribution in [1.82, 2.24) is 4.98 Å². The summed E-state index contributed by atoms with van der Waals surface area (Å²) < 4.78 is 0. The first-order valence-electron chi connectivity index (χ1n) is 7.91. The van der Waals surface area contributed by atoms with Crippen LogP contribution in [-0.4, -0.2) is 4.98 Å². The van der Waals surface area contributed by atoms with E-state index in [1.807, 2.05) is 6.20 Å². The molecule has 0 N–H and O–H groups in total. The number of rotatable bonds is 4. The van der Waals surface area contributed by atoms with Crippen LogP contribution >= 0.6 is 0 Å². The smallest absolute Gasteiger partial charge is 0.0513 e. The van der Waals surface area contributed by atoms with E-state index in [4.69, 9.17) is 4.98 Å². The Labute approximate surface area is 117 Å². The second kappa shape index (κ2) is 5.11. The Morgan fingerprint density at radius 3 is 2.79 bits per heavy atom. The number of hydrogen-bond donors (Lipinski definition) is 0. The zero-order chi connectivity index (χ0) is 13.4. The Morgan fingerprint density at radius 1 is 1.21 bits per heavy atom. The van der Waals surface area contributed by atoms with Gasteiger partial charge in [-0.15, -0.1) is 0 Å². The minimum atomic E-state index is 0.577. The summed E-state index contributed by atoms with van der Waals surface area (Å²) in [5, 5.41) is 0. The SMILES string of the molecule is CCCCC1C2C(C)=CC(c3ncccc32)C1CC. The minimum absolute atomic E-state index is 0.577. The summed E-state index contributed by atoms with van der Waals surface area (Å²) in [7, 11) is 0. The molecule has 0 fully saturated rings. The molecule has 0 spiro atoms. The van der Waals surface area contributed by atoms with E-state index in [1.165, 1.54) is 36.9 Å². The molecule has 0 saturated heterocycles.